The topological polar surface area (TPSA) is 62.6 Å². The molecule has 27 heavy (non-hydrogen) atoms. The van der Waals surface area contributed by atoms with E-state index < -0.39 is 0 Å². The maximum atomic E-state index is 12.4. The quantitative estimate of drug-likeness (QED) is 0.709. The second-order valence-corrected chi connectivity index (χ2v) is 7.02. The monoisotopic (exact) mass is 372 g/mol. The molecule has 0 radical (unpaired) electrons. The number of benzene rings is 1. The van der Waals surface area contributed by atoms with E-state index in [1.54, 1.807) is 17.7 Å². The average molecular weight is 372 g/mol. The maximum absolute atomic E-state index is 12.4. The van der Waals surface area contributed by atoms with Crippen molar-refractivity contribution in [2.24, 2.45) is 0 Å². The summed E-state index contributed by atoms with van der Waals surface area (Å²) in [5, 5.41) is 4.59. The van der Waals surface area contributed by atoms with Crippen molar-refractivity contribution in [2.45, 2.75) is 59.8 Å². The molecule has 146 valence electrons. The highest BCUT2D eigenvalue weighted by Gasteiger charge is 2.25. The molecule has 1 fully saturated rings. The predicted molar refractivity (Wildman–Crippen MR) is 102 cm³/mol. The van der Waals surface area contributed by atoms with Gasteiger partial charge in [-0.2, -0.15) is 5.10 Å². The second kappa shape index (κ2) is 8.57. The molecule has 2 aromatic rings. The van der Waals surface area contributed by atoms with Gasteiger partial charge in [0, 0.05) is 6.61 Å². The van der Waals surface area contributed by atoms with E-state index in [9.17, 15) is 4.79 Å². The number of esters is 1. The van der Waals surface area contributed by atoms with Crippen LogP contribution in [0.4, 0.5) is 0 Å². The molecule has 6 nitrogen and oxygen atoms in total. The van der Waals surface area contributed by atoms with Crippen LogP contribution in [0.25, 0.3) is 0 Å². The third-order valence-electron chi connectivity index (χ3n) is 4.67. The van der Waals surface area contributed by atoms with Gasteiger partial charge in [0.1, 0.15) is 23.7 Å². The van der Waals surface area contributed by atoms with Crippen LogP contribution >= 0.6 is 0 Å². The molecular weight excluding hydrogens is 344 g/mol. The summed E-state index contributed by atoms with van der Waals surface area (Å²) >= 11 is 0. The first kappa shape index (κ1) is 19.4. The first-order valence-corrected chi connectivity index (χ1v) is 9.57. The van der Waals surface area contributed by atoms with Gasteiger partial charge in [-0.25, -0.2) is 9.48 Å². The number of carbonyl (C=O) groups is 1. The fraction of sp³-hybridized carbons (Fsp3) is 0.524. The number of aromatic nitrogens is 2. The lowest BCUT2D eigenvalue weighted by molar-refractivity contribution is -0.0420. The van der Waals surface area contributed by atoms with Crippen LogP contribution in [0.1, 0.15) is 65.3 Å². The SMILES string of the molecule is CCOC(=O)c1cc(COc2c(C)cc(C)cc2C)nn1C1CCCCO1. The summed E-state index contributed by atoms with van der Waals surface area (Å²) in [7, 11) is 0. The highest BCUT2D eigenvalue weighted by Crippen LogP contribution is 2.27. The van der Waals surface area contributed by atoms with Gasteiger partial charge in [0.25, 0.3) is 0 Å². The Morgan fingerprint density at radius 3 is 2.59 bits per heavy atom. The van der Waals surface area contributed by atoms with Crippen molar-refractivity contribution in [3.8, 4) is 5.75 Å². The summed E-state index contributed by atoms with van der Waals surface area (Å²) < 4.78 is 18.7. The van der Waals surface area contributed by atoms with Gasteiger partial charge in [0.05, 0.1) is 6.61 Å². The normalized spacial score (nSPS) is 17.0. The second-order valence-electron chi connectivity index (χ2n) is 7.02. The van der Waals surface area contributed by atoms with Crippen molar-refractivity contribution < 1.29 is 19.0 Å². The van der Waals surface area contributed by atoms with E-state index in [0.29, 0.717) is 24.6 Å². The number of hydrogen-bond acceptors (Lipinski definition) is 5. The van der Waals surface area contributed by atoms with Gasteiger partial charge in [-0.1, -0.05) is 17.7 Å². The Hall–Kier alpha value is -2.34. The van der Waals surface area contributed by atoms with E-state index in [2.05, 4.69) is 24.2 Å². The van der Waals surface area contributed by atoms with Crippen LogP contribution < -0.4 is 4.74 Å². The average Bonchev–Trinajstić information content (AvgIpc) is 3.06. The van der Waals surface area contributed by atoms with E-state index in [1.165, 1.54) is 5.56 Å². The Morgan fingerprint density at radius 1 is 1.22 bits per heavy atom. The molecular formula is C21H28N2O4. The summed E-state index contributed by atoms with van der Waals surface area (Å²) in [6.45, 7) is 9.23. The van der Waals surface area contributed by atoms with E-state index in [0.717, 1.165) is 36.1 Å². The first-order chi connectivity index (χ1) is 13.0. The number of ether oxygens (including phenoxy) is 3. The van der Waals surface area contributed by atoms with Gasteiger partial charge in [-0.3, -0.25) is 0 Å². The van der Waals surface area contributed by atoms with Gasteiger partial charge in [-0.15, -0.1) is 0 Å². The Kier molecular flexibility index (Phi) is 6.16. The fourth-order valence-electron chi connectivity index (χ4n) is 3.55. The van der Waals surface area contributed by atoms with Gasteiger partial charge < -0.3 is 14.2 Å². The highest BCUT2D eigenvalue weighted by atomic mass is 16.5. The lowest BCUT2D eigenvalue weighted by Crippen LogP contribution is -2.23. The lowest BCUT2D eigenvalue weighted by Gasteiger charge is -2.24. The zero-order valence-electron chi connectivity index (χ0n) is 16.6. The van der Waals surface area contributed by atoms with Crippen molar-refractivity contribution in [3.63, 3.8) is 0 Å². The smallest absolute Gasteiger partial charge is 0.356 e. The molecule has 1 unspecified atom stereocenters. The van der Waals surface area contributed by atoms with Crippen LogP contribution in [0.3, 0.4) is 0 Å². The summed E-state index contributed by atoms with van der Waals surface area (Å²) in [6.07, 6.45) is 2.70. The molecule has 1 aliphatic heterocycles. The minimum absolute atomic E-state index is 0.227. The van der Waals surface area contributed by atoms with E-state index in [-0.39, 0.29) is 18.8 Å². The zero-order chi connectivity index (χ0) is 19.4. The standard InChI is InChI=1S/C21H28N2O4/c1-5-25-21(24)18-12-17(22-23(18)19-8-6-7-9-26-19)13-27-20-15(3)10-14(2)11-16(20)4/h10-12,19H,5-9,13H2,1-4H3. The van der Waals surface area contributed by atoms with Crippen molar-refractivity contribution in [1.82, 2.24) is 9.78 Å². The van der Waals surface area contributed by atoms with E-state index in [4.69, 9.17) is 14.2 Å². The fourth-order valence-corrected chi connectivity index (χ4v) is 3.55. The summed E-state index contributed by atoms with van der Waals surface area (Å²) in [5.41, 5.74) is 4.49. The van der Waals surface area contributed by atoms with Gasteiger partial charge in [-0.05, 0) is 64.2 Å². The largest absolute Gasteiger partial charge is 0.487 e. The molecule has 1 aromatic carbocycles. The Morgan fingerprint density at radius 2 is 1.96 bits per heavy atom. The summed E-state index contributed by atoms with van der Waals surface area (Å²) in [6, 6.07) is 5.94. The Labute approximate surface area is 160 Å². The van der Waals surface area contributed by atoms with Crippen LogP contribution in [0.5, 0.6) is 5.75 Å². The van der Waals surface area contributed by atoms with Gasteiger partial charge in [0.2, 0.25) is 0 Å². The molecule has 1 atom stereocenters. The number of nitrogens with zero attached hydrogens (tertiary/aromatic N) is 2. The molecule has 1 aromatic heterocycles. The molecule has 6 heteroatoms. The summed E-state index contributed by atoms with van der Waals surface area (Å²) in [4.78, 5) is 12.4. The van der Waals surface area contributed by atoms with Crippen LogP contribution in [-0.2, 0) is 16.1 Å². The molecule has 3 rings (SSSR count). The summed E-state index contributed by atoms with van der Waals surface area (Å²) in [5.74, 6) is 0.481. The molecule has 0 spiro atoms. The molecule has 0 saturated carbocycles. The highest BCUT2D eigenvalue weighted by molar-refractivity contribution is 5.87. The molecule has 1 aliphatic rings. The molecule has 0 N–H and O–H groups in total. The van der Waals surface area contributed by atoms with Crippen LogP contribution in [-0.4, -0.2) is 29.0 Å². The van der Waals surface area contributed by atoms with Crippen LogP contribution in [0, 0.1) is 20.8 Å². The molecule has 0 aliphatic carbocycles. The van der Waals surface area contributed by atoms with Crippen LogP contribution in [0.15, 0.2) is 18.2 Å². The third kappa shape index (κ3) is 4.50. The van der Waals surface area contributed by atoms with Crippen molar-refractivity contribution in [3.05, 3.63) is 46.3 Å². The number of aryl methyl sites for hydroxylation is 3. The molecule has 2 heterocycles. The van der Waals surface area contributed by atoms with Crippen molar-refractivity contribution in [2.75, 3.05) is 13.2 Å². The minimum Gasteiger partial charge on any atom is -0.487 e. The Bertz CT molecular complexity index is 784. The predicted octanol–water partition coefficient (Wildman–Crippen LogP) is 4.26. The molecule has 1 saturated heterocycles. The number of rotatable bonds is 6. The Balaban J connectivity index is 1.82. The maximum Gasteiger partial charge on any atom is 0.356 e. The molecule has 0 amide bonds. The van der Waals surface area contributed by atoms with Crippen molar-refractivity contribution >= 4 is 5.97 Å². The number of hydrogen-bond donors (Lipinski definition) is 0. The van der Waals surface area contributed by atoms with E-state index in [1.807, 2.05) is 13.8 Å². The first-order valence-electron chi connectivity index (χ1n) is 9.57. The van der Waals surface area contributed by atoms with Crippen molar-refractivity contribution in [1.29, 1.82) is 0 Å². The minimum atomic E-state index is -0.381. The zero-order valence-corrected chi connectivity index (χ0v) is 16.6. The lowest BCUT2D eigenvalue weighted by atomic mass is 10.1. The number of carbonyl (C=O) groups excluding carboxylic acids is 1. The molecule has 0 bridgehead atoms. The van der Waals surface area contributed by atoms with Gasteiger partial charge in [0.15, 0.2) is 6.23 Å². The third-order valence-corrected chi connectivity index (χ3v) is 4.67. The van der Waals surface area contributed by atoms with E-state index >= 15 is 0 Å². The van der Waals surface area contributed by atoms with Gasteiger partial charge >= 0.3 is 5.97 Å². The van der Waals surface area contributed by atoms with Crippen LogP contribution in [0.2, 0.25) is 0 Å².